The van der Waals surface area contributed by atoms with Crippen molar-refractivity contribution in [3.8, 4) is 0 Å². The molecule has 0 unspecified atom stereocenters. The topological polar surface area (TPSA) is 61.9 Å². The molecule has 1 amide bonds. The van der Waals surface area contributed by atoms with Gasteiger partial charge in [-0.2, -0.15) is 18.3 Å². The highest BCUT2D eigenvalue weighted by Crippen LogP contribution is 2.35. The Morgan fingerprint density at radius 2 is 2.00 bits per heavy atom. The van der Waals surface area contributed by atoms with Gasteiger partial charge in [0.05, 0.1) is 22.9 Å². The normalized spacial score (nSPS) is 17.6. The lowest BCUT2D eigenvalue weighted by molar-refractivity contribution is -0.137. The number of aryl methyl sites for hydroxylation is 1. The Morgan fingerprint density at radius 3 is 2.70 bits per heavy atom. The summed E-state index contributed by atoms with van der Waals surface area (Å²) in [5.74, 6) is -0.174. The van der Waals surface area contributed by atoms with Gasteiger partial charge < -0.3 is 4.90 Å². The molecule has 1 aliphatic rings. The first-order chi connectivity index (χ1) is 12.8. The van der Waals surface area contributed by atoms with Crippen LogP contribution in [0.3, 0.4) is 0 Å². The number of nitrogens with zero attached hydrogens (tertiary/aromatic N) is 3. The van der Waals surface area contributed by atoms with Gasteiger partial charge in [0.1, 0.15) is 0 Å². The number of fused-ring (bicyclic) bond motifs is 1. The predicted octanol–water partition coefficient (Wildman–Crippen LogP) is 4.26. The summed E-state index contributed by atoms with van der Waals surface area (Å²) in [6.07, 6.45) is -1.34. The van der Waals surface area contributed by atoms with Crippen LogP contribution in [0, 0.1) is 6.92 Å². The van der Waals surface area contributed by atoms with Crippen molar-refractivity contribution in [2.24, 2.45) is 0 Å². The number of H-pyrrole nitrogens is 1. The van der Waals surface area contributed by atoms with Gasteiger partial charge in [0.2, 0.25) is 0 Å². The van der Waals surface area contributed by atoms with Crippen molar-refractivity contribution in [2.45, 2.75) is 32.0 Å². The van der Waals surface area contributed by atoms with Crippen molar-refractivity contribution in [2.75, 3.05) is 6.54 Å². The number of hydrogen-bond acceptors (Lipinski definition) is 3. The van der Waals surface area contributed by atoms with E-state index in [0.717, 1.165) is 36.1 Å². The van der Waals surface area contributed by atoms with E-state index in [0.29, 0.717) is 23.3 Å². The van der Waals surface area contributed by atoms with Gasteiger partial charge in [0, 0.05) is 18.1 Å². The molecule has 0 aliphatic carbocycles. The Morgan fingerprint density at radius 1 is 1.26 bits per heavy atom. The van der Waals surface area contributed by atoms with Crippen LogP contribution >= 0.6 is 0 Å². The number of aromatic nitrogens is 3. The molecule has 0 spiro atoms. The van der Waals surface area contributed by atoms with Crippen LogP contribution in [0.1, 0.15) is 46.1 Å². The van der Waals surface area contributed by atoms with E-state index in [1.165, 1.54) is 18.3 Å². The number of nitrogens with one attached hydrogen (secondary N) is 1. The number of likely N-dealkylation sites (tertiary alicyclic amines) is 1. The summed E-state index contributed by atoms with van der Waals surface area (Å²) in [7, 11) is 0. The molecule has 27 heavy (non-hydrogen) atoms. The minimum Gasteiger partial charge on any atom is -0.332 e. The second-order valence-corrected chi connectivity index (χ2v) is 6.71. The zero-order chi connectivity index (χ0) is 19.2. The summed E-state index contributed by atoms with van der Waals surface area (Å²) >= 11 is 0. The van der Waals surface area contributed by atoms with Gasteiger partial charge in [-0.3, -0.25) is 9.89 Å². The predicted molar refractivity (Wildman–Crippen MR) is 93.1 cm³/mol. The molecular formula is C19H17F3N4O. The number of alkyl halides is 3. The molecule has 2 aromatic heterocycles. The Hall–Kier alpha value is -2.90. The van der Waals surface area contributed by atoms with Crippen LogP contribution in [-0.2, 0) is 6.18 Å². The molecule has 4 rings (SSSR count). The number of pyridine rings is 1. The van der Waals surface area contributed by atoms with Gasteiger partial charge >= 0.3 is 6.18 Å². The molecular weight excluding hydrogens is 357 g/mol. The van der Waals surface area contributed by atoms with E-state index < -0.39 is 11.7 Å². The second kappa shape index (κ2) is 6.37. The summed E-state index contributed by atoms with van der Waals surface area (Å²) in [5, 5.41) is 7.66. The number of carbonyl (C=O) groups is 1. The number of halogens is 3. The van der Waals surface area contributed by atoms with Gasteiger partial charge in [0.15, 0.2) is 5.65 Å². The largest absolute Gasteiger partial charge is 0.416 e. The second-order valence-electron chi connectivity index (χ2n) is 6.71. The molecule has 1 fully saturated rings. The Labute approximate surface area is 153 Å². The minimum absolute atomic E-state index is 0.174. The number of benzene rings is 1. The van der Waals surface area contributed by atoms with Crippen molar-refractivity contribution in [1.29, 1.82) is 0 Å². The lowest BCUT2D eigenvalue weighted by Gasteiger charge is -2.25. The van der Waals surface area contributed by atoms with Crippen LogP contribution < -0.4 is 0 Å². The third kappa shape index (κ3) is 3.15. The monoisotopic (exact) mass is 374 g/mol. The van der Waals surface area contributed by atoms with E-state index in [1.54, 1.807) is 11.0 Å². The Bertz CT molecular complexity index is 994. The fourth-order valence-electron chi connectivity index (χ4n) is 3.56. The highest BCUT2D eigenvalue weighted by molar-refractivity contribution is 5.97. The van der Waals surface area contributed by atoms with Crippen LogP contribution in [0.2, 0.25) is 0 Å². The van der Waals surface area contributed by atoms with E-state index in [9.17, 15) is 18.0 Å². The van der Waals surface area contributed by atoms with E-state index >= 15 is 0 Å². The zero-order valence-corrected chi connectivity index (χ0v) is 14.5. The third-order valence-corrected chi connectivity index (χ3v) is 4.99. The van der Waals surface area contributed by atoms with Crippen LogP contribution in [0.5, 0.6) is 0 Å². The summed E-state index contributed by atoms with van der Waals surface area (Å²) in [6.45, 7) is 2.39. The van der Waals surface area contributed by atoms with Crippen LogP contribution in [0.4, 0.5) is 13.2 Å². The van der Waals surface area contributed by atoms with E-state index in [1.807, 2.05) is 6.92 Å². The standard InChI is InChI=1S/C19H17F3N4O/c1-11-15-9-13(10-23-17(15)25-24-11)18(27)26-8-2-3-16(26)12-4-6-14(7-5-12)19(20,21)22/h4-7,9-10,16H,2-3,8H2,1H3,(H,23,24,25)/t16-/m1/s1. The lowest BCUT2D eigenvalue weighted by atomic mass is 10.0. The van der Waals surface area contributed by atoms with Crippen molar-refractivity contribution >= 4 is 16.9 Å². The first-order valence-electron chi connectivity index (χ1n) is 8.63. The van der Waals surface area contributed by atoms with E-state index in [4.69, 9.17) is 0 Å². The Balaban J connectivity index is 1.62. The summed E-state index contributed by atoms with van der Waals surface area (Å²) < 4.78 is 38.3. The molecule has 1 aromatic carbocycles. The first-order valence-corrected chi connectivity index (χ1v) is 8.63. The van der Waals surface area contributed by atoms with E-state index in [-0.39, 0.29) is 11.9 Å². The minimum atomic E-state index is -4.37. The van der Waals surface area contributed by atoms with E-state index in [2.05, 4.69) is 15.2 Å². The average molecular weight is 374 g/mol. The van der Waals surface area contributed by atoms with Gasteiger partial charge in [0.25, 0.3) is 5.91 Å². The molecule has 1 saturated heterocycles. The van der Waals surface area contributed by atoms with Gasteiger partial charge in [-0.15, -0.1) is 0 Å². The smallest absolute Gasteiger partial charge is 0.332 e. The number of aromatic amines is 1. The van der Waals surface area contributed by atoms with Crippen molar-refractivity contribution in [1.82, 2.24) is 20.1 Å². The summed E-state index contributed by atoms with van der Waals surface area (Å²) in [6, 6.07) is 6.57. The first kappa shape index (κ1) is 17.5. The van der Waals surface area contributed by atoms with Gasteiger partial charge in [-0.25, -0.2) is 4.98 Å². The maximum absolute atomic E-state index is 13.0. The maximum atomic E-state index is 13.0. The zero-order valence-electron chi connectivity index (χ0n) is 14.5. The summed E-state index contributed by atoms with van der Waals surface area (Å²) in [4.78, 5) is 19.0. The number of carbonyl (C=O) groups excluding carboxylic acids is 1. The quantitative estimate of drug-likeness (QED) is 0.729. The lowest BCUT2D eigenvalue weighted by Crippen LogP contribution is -2.30. The van der Waals surface area contributed by atoms with Crippen molar-refractivity contribution in [3.63, 3.8) is 0 Å². The molecule has 0 bridgehead atoms. The number of rotatable bonds is 2. The fraction of sp³-hybridized carbons (Fsp3) is 0.316. The molecule has 5 nitrogen and oxygen atoms in total. The molecule has 3 aromatic rings. The van der Waals surface area contributed by atoms with Crippen LogP contribution in [0.25, 0.3) is 11.0 Å². The number of hydrogen-bond donors (Lipinski definition) is 1. The molecule has 1 aliphatic heterocycles. The number of amides is 1. The Kier molecular flexibility index (Phi) is 4.13. The van der Waals surface area contributed by atoms with Crippen molar-refractivity contribution in [3.05, 3.63) is 58.9 Å². The molecule has 8 heteroatoms. The van der Waals surface area contributed by atoms with Crippen LogP contribution in [0.15, 0.2) is 36.5 Å². The molecule has 1 N–H and O–H groups in total. The van der Waals surface area contributed by atoms with Crippen molar-refractivity contribution < 1.29 is 18.0 Å². The third-order valence-electron chi connectivity index (χ3n) is 4.99. The average Bonchev–Trinajstić information content (AvgIpc) is 3.27. The maximum Gasteiger partial charge on any atom is 0.416 e. The molecule has 0 radical (unpaired) electrons. The highest BCUT2D eigenvalue weighted by atomic mass is 19.4. The van der Waals surface area contributed by atoms with Gasteiger partial charge in [-0.05, 0) is 43.5 Å². The molecule has 1 atom stereocenters. The molecule has 3 heterocycles. The summed E-state index contributed by atoms with van der Waals surface area (Å²) in [5.41, 5.74) is 1.85. The SMILES string of the molecule is Cc1n[nH]c2ncc(C(=O)N3CCC[C@@H]3c3ccc(C(F)(F)F)cc3)cc12. The fourth-order valence-corrected chi connectivity index (χ4v) is 3.56. The van der Waals surface area contributed by atoms with Gasteiger partial charge in [-0.1, -0.05) is 12.1 Å². The molecule has 0 saturated carbocycles. The molecule has 140 valence electrons. The van der Waals surface area contributed by atoms with Crippen LogP contribution in [-0.4, -0.2) is 32.5 Å². The highest BCUT2D eigenvalue weighted by Gasteiger charge is 2.33.